The predicted molar refractivity (Wildman–Crippen MR) is 147 cm³/mol. The molecule has 0 bridgehead atoms. The van der Waals surface area contributed by atoms with Gasteiger partial charge in [-0.1, -0.05) is 6.07 Å². The summed E-state index contributed by atoms with van der Waals surface area (Å²) in [6, 6.07) is 4.88. The van der Waals surface area contributed by atoms with E-state index in [1.165, 1.54) is 31.2 Å². The van der Waals surface area contributed by atoms with E-state index in [2.05, 4.69) is 22.9 Å². The van der Waals surface area contributed by atoms with Crippen LogP contribution in [0.15, 0.2) is 16.9 Å². The summed E-state index contributed by atoms with van der Waals surface area (Å²) in [7, 11) is 1.81. The average molecular weight is 520 g/mol. The molecule has 38 heavy (non-hydrogen) atoms. The van der Waals surface area contributed by atoms with E-state index in [9.17, 15) is 9.59 Å². The summed E-state index contributed by atoms with van der Waals surface area (Å²) in [6.07, 6.45) is 6.92. The molecule has 2 aromatic rings. The maximum atomic E-state index is 13.7. The molecule has 0 spiro atoms. The Morgan fingerprint density at radius 2 is 1.82 bits per heavy atom. The van der Waals surface area contributed by atoms with Crippen molar-refractivity contribution >= 4 is 5.91 Å². The number of fused-ring (bicyclic) bond motifs is 2. The van der Waals surface area contributed by atoms with Gasteiger partial charge in [-0.05, 0) is 88.5 Å². The molecule has 7 heteroatoms. The Morgan fingerprint density at radius 1 is 1.08 bits per heavy atom. The van der Waals surface area contributed by atoms with Gasteiger partial charge >= 0.3 is 0 Å². The number of carbonyl (C=O) groups excluding carboxylic acids is 1. The van der Waals surface area contributed by atoms with Crippen molar-refractivity contribution in [1.82, 2.24) is 14.8 Å². The average Bonchev–Trinajstić information content (AvgIpc) is 3.20. The summed E-state index contributed by atoms with van der Waals surface area (Å²) in [5.41, 5.74) is 6.22. The van der Waals surface area contributed by atoms with Crippen molar-refractivity contribution in [2.45, 2.75) is 90.5 Å². The molecule has 1 amide bonds. The molecule has 1 aromatic carbocycles. The Balaban J connectivity index is 1.18. The van der Waals surface area contributed by atoms with Gasteiger partial charge < -0.3 is 19.4 Å². The molecule has 1 saturated heterocycles. The molecular formula is C31H41N3O4. The van der Waals surface area contributed by atoms with Crippen LogP contribution in [0.4, 0.5) is 0 Å². The molecule has 1 aromatic heterocycles. The van der Waals surface area contributed by atoms with Crippen molar-refractivity contribution < 1.29 is 14.3 Å². The lowest BCUT2D eigenvalue weighted by molar-refractivity contribution is -0.0677. The highest BCUT2D eigenvalue weighted by molar-refractivity contribution is 5.99. The fourth-order valence-electron chi connectivity index (χ4n) is 7.49. The highest BCUT2D eigenvalue weighted by atomic mass is 16.5. The van der Waals surface area contributed by atoms with Crippen molar-refractivity contribution in [3.63, 3.8) is 0 Å². The third-order valence-corrected chi connectivity index (χ3v) is 9.83. The number of benzene rings is 1. The number of nitrogens with zero attached hydrogens (tertiary/aromatic N) is 2. The topological polar surface area (TPSA) is 74.9 Å². The van der Waals surface area contributed by atoms with Gasteiger partial charge in [0.1, 0.15) is 11.4 Å². The normalized spacial score (nSPS) is 27.6. The number of likely N-dealkylation sites (tertiary alicyclic amines) is 1. The molecule has 7 nitrogen and oxygen atoms in total. The van der Waals surface area contributed by atoms with Crippen LogP contribution in [0.5, 0.6) is 5.75 Å². The third-order valence-electron chi connectivity index (χ3n) is 9.83. The molecule has 4 aliphatic rings. The number of H-pyrrole nitrogens is 1. The van der Waals surface area contributed by atoms with Gasteiger partial charge in [0.25, 0.3) is 11.5 Å². The molecule has 204 valence electrons. The summed E-state index contributed by atoms with van der Waals surface area (Å²) in [5, 5.41) is 0. The van der Waals surface area contributed by atoms with Crippen LogP contribution in [0.2, 0.25) is 0 Å². The highest BCUT2D eigenvalue weighted by Crippen LogP contribution is 2.48. The molecule has 2 fully saturated rings. The first kappa shape index (κ1) is 25.6. The van der Waals surface area contributed by atoms with Crippen molar-refractivity contribution in [2.24, 2.45) is 5.92 Å². The fraction of sp³-hybridized carbons (Fsp3) is 0.613. The Kier molecular flexibility index (Phi) is 6.42. The molecule has 1 aliphatic carbocycles. The Morgan fingerprint density at radius 3 is 2.50 bits per heavy atom. The maximum Gasteiger partial charge on any atom is 0.254 e. The van der Waals surface area contributed by atoms with Crippen LogP contribution >= 0.6 is 0 Å². The molecular weight excluding hydrogens is 478 g/mol. The minimum atomic E-state index is -0.221. The van der Waals surface area contributed by atoms with E-state index in [1.807, 2.05) is 38.8 Å². The Bertz CT molecular complexity index is 1320. The quantitative estimate of drug-likeness (QED) is 0.644. The van der Waals surface area contributed by atoms with E-state index in [0.29, 0.717) is 36.7 Å². The monoisotopic (exact) mass is 519 g/mol. The number of aromatic amines is 1. The van der Waals surface area contributed by atoms with Gasteiger partial charge in [0.2, 0.25) is 0 Å². The summed E-state index contributed by atoms with van der Waals surface area (Å²) in [6.45, 7) is 11.2. The maximum absolute atomic E-state index is 13.7. The van der Waals surface area contributed by atoms with Crippen molar-refractivity contribution in [3.8, 4) is 5.75 Å². The van der Waals surface area contributed by atoms with Gasteiger partial charge in [0.05, 0.1) is 12.6 Å². The fourth-order valence-corrected chi connectivity index (χ4v) is 7.49. The lowest BCUT2D eigenvalue weighted by Crippen LogP contribution is -2.57. The van der Waals surface area contributed by atoms with Crippen LogP contribution in [0.25, 0.3) is 0 Å². The largest absolute Gasteiger partial charge is 0.486 e. The minimum Gasteiger partial charge on any atom is -0.486 e. The van der Waals surface area contributed by atoms with Crippen LogP contribution in [-0.4, -0.2) is 65.2 Å². The van der Waals surface area contributed by atoms with Gasteiger partial charge in [0, 0.05) is 61.6 Å². The van der Waals surface area contributed by atoms with Gasteiger partial charge in [-0.25, -0.2) is 0 Å². The number of amides is 1. The number of pyridine rings is 1. The molecule has 0 radical (unpaired) electrons. The molecule has 3 aliphatic heterocycles. The lowest BCUT2D eigenvalue weighted by Gasteiger charge is -2.47. The number of aromatic nitrogens is 1. The zero-order valence-corrected chi connectivity index (χ0v) is 23.5. The van der Waals surface area contributed by atoms with Gasteiger partial charge in [-0.15, -0.1) is 0 Å². The van der Waals surface area contributed by atoms with E-state index >= 15 is 0 Å². The Hall–Kier alpha value is -2.64. The van der Waals surface area contributed by atoms with Gasteiger partial charge in [0.15, 0.2) is 0 Å². The number of ether oxygens (including phenoxy) is 2. The zero-order chi connectivity index (χ0) is 26.8. The molecule has 0 unspecified atom stereocenters. The smallest absolute Gasteiger partial charge is 0.254 e. The molecule has 1 N–H and O–H groups in total. The molecule has 1 saturated carbocycles. The number of methoxy groups -OCH3 is 1. The van der Waals surface area contributed by atoms with E-state index in [-0.39, 0.29) is 17.1 Å². The van der Waals surface area contributed by atoms with Crippen LogP contribution in [0.3, 0.4) is 0 Å². The summed E-state index contributed by atoms with van der Waals surface area (Å²) >= 11 is 0. The number of nitrogens with one attached hydrogen (secondary N) is 1. The summed E-state index contributed by atoms with van der Waals surface area (Å²) < 4.78 is 12.3. The second kappa shape index (κ2) is 9.53. The van der Waals surface area contributed by atoms with E-state index in [0.717, 1.165) is 59.6 Å². The number of rotatable bonds is 5. The lowest BCUT2D eigenvalue weighted by atomic mass is 9.74. The summed E-state index contributed by atoms with van der Waals surface area (Å²) in [4.78, 5) is 33.6. The second-order valence-electron chi connectivity index (χ2n) is 12.4. The van der Waals surface area contributed by atoms with Crippen molar-refractivity contribution in [2.75, 3.05) is 26.7 Å². The van der Waals surface area contributed by atoms with Crippen molar-refractivity contribution in [3.05, 3.63) is 61.6 Å². The highest BCUT2D eigenvalue weighted by Gasteiger charge is 2.46. The number of aryl methyl sites for hydroxylation is 2. The standard InChI is InChI=1S/C31H41N3O4/c1-18-12-19(2)32-29(35)26(18)17-33-11-10-21-13-22-14-31(4,38-28(22)20(3)27(21)30(33)36)23-6-8-24(9-7-23)34-15-25(16-34)37-5/h12-13,23-25H,6-11,14-17H2,1-5H3,(H,32,35)/t23?,24?,31-/m0/s1. The van der Waals surface area contributed by atoms with E-state index in [4.69, 9.17) is 9.47 Å². The predicted octanol–water partition coefficient (Wildman–Crippen LogP) is 4.08. The first-order valence-electron chi connectivity index (χ1n) is 14.3. The first-order chi connectivity index (χ1) is 18.2. The number of carbonyl (C=O) groups is 1. The van der Waals surface area contributed by atoms with Gasteiger partial charge in [-0.2, -0.15) is 0 Å². The number of hydrogen-bond acceptors (Lipinski definition) is 5. The van der Waals surface area contributed by atoms with Crippen LogP contribution in [0.1, 0.15) is 76.5 Å². The van der Waals surface area contributed by atoms with Crippen molar-refractivity contribution in [1.29, 1.82) is 0 Å². The second-order valence-corrected chi connectivity index (χ2v) is 12.4. The minimum absolute atomic E-state index is 0.00699. The first-order valence-corrected chi connectivity index (χ1v) is 14.3. The van der Waals surface area contributed by atoms with Gasteiger partial charge in [-0.3, -0.25) is 14.5 Å². The number of hydrogen-bond donors (Lipinski definition) is 1. The van der Waals surface area contributed by atoms with Crippen LogP contribution < -0.4 is 10.3 Å². The van der Waals surface area contributed by atoms with E-state index < -0.39 is 0 Å². The van der Waals surface area contributed by atoms with Crippen LogP contribution in [-0.2, 0) is 24.1 Å². The van der Waals surface area contributed by atoms with E-state index in [1.54, 1.807) is 0 Å². The molecule has 4 heterocycles. The van der Waals surface area contributed by atoms with Crippen LogP contribution in [0, 0.1) is 26.7 Å². The molecule has 6 rings (SSSR count). The molecule has 1 atom stereocenters. The summed E-state index contributed by atoms with van der Waals surface area (Å²) in [5.74, 6) is 1.44. The SMILES string of the molecule is COC1CN(C2CCC([C@]3(C)Cc4cc5c(c(C)c4O3)C(=O)N(Cc3c(C)cc(C)[nH]c3=O)CC5)CC2)C1. The third kappa shape index (κ3) is 4.28. The Labute approximate surface area is 225 Å². The zero-order valence-electron chi connectivity index (χ0n) is 23.5.